The van der Waals surface area contributed by atoms with Crippen molar-refractivity contribution in [2.24, 2.45) is 16.7 Å². The lowest BCUT2D eigenvalue weighted by Crippen LogP contribution is -2.33. The largest absolute Gasteiger partial charge is 0.300 e. The molecule has 1 aliphatic rings. The number of ketones is 2. The molecule has 0 spiro atoms. The number of hydrogen-bond donors (Lipinski definition) is 0. The Labute approximate surface area is 105 Å². The van der Waals surface area contributed by atoms with E-state index >= 15 is 0 Å². The van der Waals surface area contributed by atoms with Crippen LogP contribution in [0.25, 0.3) is 0 Å². The molecule has 1 unspecified atom stereocenters. The minimum absolute atomic E-state index is 0.0430. The van der Waals surface area contributed by atoms with Gasteiger partial charge in [-0.2, -0.15) is 0 Å². The summed E-state index contributed by atoms with van der Waals surface area (Å²) in [6.07, 6.45) is 4.00. The molecule has 2 nitrogen and oxygen atoms in total. The van der Waals surface area contributed by atoms with Crippen LogP contribution in [-0.4, -0.2) is 11.6 Å². The fourth-order valence-corrected chi connectivity index (χ4v) is 3.44. The summed E-state index contributed by atoms with van der Waals surface area (Å²) in [5.74, 6) is 0.388. The van der Waals surface area contributed by atoms with Crippen molar-refractivity contribution in [3.05, 3.63) is 0 Å². The van der Waals surface area contributed by atoms with Crippen LogP contribution in [0.2, 0.25) is 0 Å². The van der Waals surface area contributed by atoms with Crippen LogP contribution >= 0.6 is 0 Å². The summed E-state index contributed by atoms with van der Waals surface area (Å²) >= 11 is 0. The monoisotopic (exact) mass is 238 g/mol. The Bertz CT molecular complexity index is 313. The van der Waals surface area contributed by atoms with Crippen LogP contribution in [0.15, 0.2) is 0 Å². The fraction of sp³-hybridized carbons (Fsp3) is 0.867. The van der Waals surface area contributed by atoms with Crippen LogP contribution in [0.1, 0.15) is 66.7 Å². The van der Waals surface area contributed by atoms with E-state index in [4.69, 9.17) is 0 Å². The molecule has 0 amide bonds. The Morgan fingerprint density at radius 3 is 2.35 bits per heavy atom. The first-order valence-electron chi connectivity index (χ1n) is 6.63. The van der Waals surface area contributed by atoms with Crippen LogP contribution in [0.3, 0.4) is 0 Å². The maximum Gasteiger partial charge on any atom is 0.136 e. The number of hydrogen-bond acceptors (Lipinski definition) is 2. The average molecular weight is 238 g/mol. The van der Waals surface area contributed by atoms with Gasteiger partial charge in [0.25, 0.3) is 0 Å². The summed E-state index contributed by atoms with van der Waals surface area (Å²) < 4.78 is 0. The molecule has 0 bridgehead atoms. The van der Waals surface area contributed by atoms with Crippen LogP contribution in [0.4, 0.5) is 0 Å². The lowest BCUT2D eigenvalue weighted by atomic mass is 9.65. The molecule has 0 aromatic carbocycles. The molecule has 0 heterocycles. The summed E-state index contributed by atoms with van der Waals surface area (Å²) in [5.41, 5.74) is 0.389. The summed E-state index contributed by atoms with van der Waals surface area (Å²) in [6.45, 7) is 10.5. The summed E-state index contributed by atoms with van der Waals surface area (Å²) in [5, 5.41) is 0. The maximum absolute atomic E-state index is 12.1. The molecule has 0 aromatic heterocycles. The number of Topliss-reactive ketones (excluding diaryl/α,β-unsaturated/α-hetero) is 2. The minimum atomic E-state index is -0.0430. The molecule has 98 valence electrons. The molecular weight excluding hydrogens is 212 g/mol. The van der Waals surface area contributed by atoms with Crippen molar-refractivity contribution in [3.8, 4) is 0 Å². The van der Waals surface area contributed by atoms with E-state index in [2.05, 4.69) is 27.7 Å². The fourth-order valence-electron chi connectivity index (χ4n) is 3.44. The van der Waals surface area contributed by atoms with E-state index in [1.165, 1.54) is 0 Å². The van der Waals surface area contributed by atoms with E-state index in [1.807, 2.05) is 0 Å². The van der Waals surface area contributed by atoms with Gasteiger partial charge in [0.05, 0.1) is 0 Å². The van der Waals surface area contributed by atoms with Crippen LogP contribution in [0.5, 0.6) is 0 Å². The molecule has 1 atom stereocenters. The average Bonchev–Trinajstić information content (AvgIpc) is 2.09. The van der Waals surface area contributed by atoms with Gasteiger partial charge in [-0.15, -0.1) is 0 Å². The van der Waals surface area contributed by atoms with Gasteiger partial charge in [-0.1, -0.05) is 27.7 Å². The third-order valence-corrected chi connectivity index (χ3v) is 3.79. The first kappa shape index (κ1) is 14.4. The molecule has 2 heteroatoms. The second-order valence-corrected chi connectivity index (χ2v) is 7.28. The van der Waals surface area contributed by atoms with Crippen LogP contribution in [-0.2, 0) is 9.59 Å². The predicted octanol–water partition coefficient (Wildman–Crippen LogP) is 3.78. The number of carbonyl (C=O) groups is 2. The van der Waals surface area contributed by atoms with Gasteiger partial charge in [-0.25, -0.2) is 0 Å². The van der Waals surface area contributed by atoms with Gasteiger partial charge >= 0.3 is 0 Å². The van der Waals surface area contributed by atoms with Crippen LogP contribution < -0.4 is 0 Å². The topological polar surface area (TPSA) is 34.1 Å². The van der Waals surface area contributed by atoms with Gasteiger partial charge < -0.3 is 4.79 Å². The van der Waals surface area contributed by atoms with Crippen LogP contribution in [0, 0.1) is 16.7 Å². The molecule has 0 aliphatic heterocycles. The SMILES string of the molecule is CC(=O)CC1CC(C)(C)CC(C)(C)CCC1=O. The Morgan fingerprint density at radius 2 is 1.82 bits per heavy atom. The van der Waals surface area contributed by atoms with Crippen molar-refractivity contribution >= 4 is 11.6 Å². The molecule has 0 radical (unpaired) electrons. The summed E-state index contributed by atoms with van der Waals surface area (Å²) in [7, 11) is 0. The van der Waals surface area contributed by atoms with Gasteiger partial charge in [0.1, 0.15) is 11.6 Å². The van der Waals surface area contributed by atoms with E-state index in [-0.39, 0.29) is 22.5 Å². The zero-order chi connectivity index (χ0) is 13.3. The Balaban J connectivity index is 2.84. The lowest BCUT2D eigenvalue weighted by Gasteiger charge is -2.39. The van der Waals surface area contributed by atoms with Crippen molar-refractivity contribution in [2.75, 3.05) is 0 Å². The standard InChI is InChI=1S/C15H26O2/c1-11(16)8-12-9-15(4,5)10-14(2,3)7-6-13(12)17/h12H,6-10H2,1-5H3. The minimum Gasteiger partial charge on any atom is -0.300 e. The molecule has 0 aromatic rings. The lowest BCUT2D eigenvalue weighted by molar-refractivity contribution is -0.129. The normalized spacial score (nSPS) is 28.3. The van der Waals surface area contributed by atoms with E-state index in [9.17, 15) is 9.59 Å². The van der Waals surface area contributed by atoms with E-state index in [0.29, 0.717) is 18.6 Å². The molecular formula is C15H26O2. The zero-order valence-electron chi connectivity index (χ0n) is 11.9. The second kappa shape index (κ2) is 4.91. The van der Waals surface area contributed by atoms with Crippen molar-refractivity contribution in [1.82, 2.24) is 0 Å². The van der Waals surface area contributed by atoms with Gasteiger partial charge in [-0.05, 0) is 37.0 Å². The molecule has 1 aliphatic carbocycles. The smallest absolute Gasteiger partial charge is 0.136 e. The van der Waals surface area contributed by atoms with E-state index in [1.54, 1.807) is 6.92 Å². The highest BCUT2D eigenvalue weighted by molar-refractivity contribution is 5.87. The highest BCUT2D eigenvalue weighted by Crippen LogP contribution is 2.44. The number of rotatable bonds is 2. The Kier molecular flexibility index (Phi) is 4.16. The van der Waals surface area contributed by atoms with Crippen molar-refractivity contribution < 1.29 is 9.59 Å². The molecule has 0 N–H and O–H groups in total. The molecule has 1 saturated carbocycles. The summed E-state index contributed by atoms with van der Waals surface area (Å²) in [6, 6.07) is 0. The molecule has 1 rings (SSSR count). The first-order valence-corrected chi connectivity index (χ1v) is 6.63. The molecule has 1 fully saturated rings. The Morgan fingerprint density at radius 1 is 1.24 bits per heavy atom. The second-order valence-electron chi connectivity index (χ2n) is 7.28. The highest BCUT2D eigenvalue weighted by atomic mass is 16.1. The van der Waals surface area contributed by atoms with E-state index in [0.717, 1.165) is 19.3 Å². The van der Waals surface area contributed by atoms with Crippen molar-refractivity contribution in [3.63, 3.8) is 0 Å². The zero-order valence-corrected chi connectivity index (χ0v) is 11.9. The molecule has 17 heavy (non-hydrogen) atoms. The highest BCUT2D eigenvalue weighted by Gasteiger charge is 2.36. The van der Waals surface area contributed by atoms with Crippen molar-refractivity contribution in [2.45, 2.75) is 66.7 Å². The quantitative estimate of drug-likeness (QED) is 0.733. The van der Waals surface area contributed by atoms with Gasteiger partial charge in [0.15, 0.2) is 0 Å². The van der Waals surface area contributed by atoms with Gasteiger partial charge in [0.2, 0.25) is 0 Å². The maximum atomic E-state index is 12.1. The third kappa shape index (κ3) is 4.61. The third-order valence-electron chi connectivity index (χ3n) is 3.79. The van der Waals surface area contributed by atoms with Crippen molar-refractivity contribution in [1.29, 1.82) is 0 Å². The first-order chi connectivity index (χ1) is 7.61. The molecule has 0 saturated heterocycles. The van der Waals surface area contributed by atoms with E-state index < -0.39 is 0 Å². The van der Waals surface area contributed by atoms with Gasteiger partial charge in [0, 0.05) is 18.8 Å². The predicted molar refractivity (Wildman–Crippen MR) is 69.8 cm³/mol. The number of carbonyl (C=O) groups excluding carboxylic acids is 2. The summed E-state index contributed by atoms with van der Waals surface area (Å²) in [4.78, 5) is 23.4. The Hall–Kier alpha value is -0.660. The van der Waals surface area contributed by atoms with Gasteiger partial charge in [-0.3, -0.25) is 4.79 Å².